The Morgan fingerprint density at radius 3 is 1.79 bits per heavy atom. The topological polar surface area (TPSA) is 66.5 Å². The van der Waals surface area contributed by atoms with Crippen LogP contribution in [-0.4, -0.2) is 36.2 Å². The van der Waals surface area contributed by atoms with Crippen molar-refractivity contribution in [2.45, 2.75) is 25.7 Å². The summed E-state index contributed by atoms with van der Waals surface area (Å²) in [7, 11) is 1.51. The Bertz CT molecular complexity index is 239. The first-order valence-electron chi connectivity index (χ1n) is 4.67. The van der Waals surface area contributed by atoms with Crippen LogP contribution in [-0.2, 0) is 14.4 Å². The summed E-state index contributed by atoms with van der Waals surface area (Å²) >= 11 is 0. The Morgan fingerprint density at radius 2 is 1.64 bits per heavy atom. The number of amides is 3. The Hall–Kier alpha value is -1.39. The highest BCUT2D eigenvalue weighted by Gasteiger charge is 2.24. The van der Waals surface area contributed by atoms with Crippen LogP contribution >= 0.6 is 0 Å². The number of nitrogens with zero attached hydrogens (tertiary/aromatic N) is 1. The molecule has 3 amide bonds. The second-order valence-electron chi connectivity index (χ2n) is 3.30. The maximum Gasteiger partial charge on any atom is 0.229 e. The summed E-state index contributed by atoms with van der Waals surface area (Å²) in [5, 5.41) is 2.68. The highest BCUT2D eigenvalue weighted by Crippen LogP contribution is 2.07. The van der Waals surface area contributed by atoms with Crippen molar-refractivity contribution in [3.05, 3.63) is 0 Å². The molecule has 0 saturated carbocycles. The van der Waals surface area contributed by atoms with Crippen molar-refractivity contribution in [3.63, 3.8) is 0 Å². The molecule has 78 valence electrons. The van der Waals surface area contributed by atoms with Crippen molar-refractivity contribution in [1.82, 2.24) is 10.2 Å². The second-order valence-corrected chi connectivity index (χ2v) is 3.30. The summed E-state index contributed by atoms with van der Waals surface area (Å²) in [6, 6.07) is 0. The van der Waals surface area contributed by atoms with E-state index in [9.17, 15) is 14.4 Å². The summed E-state index contributed by atoms with van der Waals surface area (Å²) in [6.07, 6.45) is 2.56. The highest BCUT2D eigenvalue weighted by atomic mass is 16.2. The minimum Gasteiger partial charge on any atom is -0.356 e. The van der Waals surface area contributed by atoms with Gasteiger partial charge in [-0.1, -0.05) is 0 Å². The number of imide groups is 1. The minimum atomic E-state index is -0.0602. The molecule has 0 aromatic carbocycles. The lowest BCUT2D eigenvalue weighted by molar-refractivity contribution is -0.136. The number of rotatable bonds is 0. The monoisotopic (exact) mass is 198 g/mol. The molecule has 2 aliphatic rings. The van der Waals surface area contributed by atoms with Crippen LogP contribution in [0.5, 0.6) is 0 Å². The van der Waals surface area contributed by atoms with Gasteiger partial charge in [-0.25, -0.2) is 0 Å². The number of hydrogen-bond acceptors (Lipinski definition) is 3. The van der Waals surface area contributed by atoms with Crippen LogP contribution in [0.2, 0.25) is 0 Å². The van der Waals surface area contributed by atoms with E-state index < -0.39 is 0 Å². The molecule has 2 heterocycles. The lowest BCUT2D eigenvalue weighted by Gasteiger charge is -2.01. The summed E-state index contributed by atoms with van der Waals surface area (Å²) in [6.45, 7) is 0.888. The molecule has 2 saturated heterocycles. The maximum atomic E-state index is 10.5. The first-order chi connectivity index (χ1) is 6.61. The molecule has 2 aliphatic heterocycles. The third kappa shape index (κ3) is 2.83. The SMILES string of the molecule is CN1C(=O)CCC1=O.O=C1CCCN1. The van der Waals surface area contributed by atoms with E-state index in [-0.39, 0.29) is 17.7 Å². The highest BCUT2D eigenvalue weighted by molar-refractivity contribution is 6.01. The third-order valence-electron chi connectivity index (χ3n) is 2.20. The van der Waals surface area contributed by atoms with Crippen molar-refractivity contribution in [3.8, 4) is 0 Å². The Morgan fingerprint density at radius 1 is 1.07 bits per heavy atom. The van der Waals surface area contributed by atoms with Crippen LogP contribution in [0.15, 0.2) is 0 Å². The van der Waals surface area contributed by atoms with Gasteiger partial charge in [0.25, 0.3) is 0 Å². The molecule has 0 aliphatic carbocycles. The summed E-state index contributed by atoms with van der Waals surface area (Å²) in [5.74, 6) is 0.0833. The fourth-order valence-corrected chi connectivity index (χ4v) is 1.25. The summed E-state index contributed by atoms with van der Waals surface area (Å²) in [4.78, 5) is 32.3. The Kier molecular flexibility index (Phi) is 3.62. The Labute approximate surface area is 82.4 Å². The second kappa shape index (κ2) is 4.74. The predicted molar refractivity (Wildman–Crippen MR) is 49.3 cm³/mol. The molecule has 5 heteroatoms. The molecule has 0 spiro atoms. The van der Waals surface area contributed by atoms with E-state index in [0.29, 0.717) is 12.8 Å². The standard InChI is InChI=1S/C5H7NO2.C4H7NO/c1-6-4(7)2-3-5(6)8;6-4-2-1-3-5-4/h2-3H2,1H3;1-3H2,(H,5,6). The molecule has 2 rings (SSSR count). The fourth-order valence-electron chi connectivity index (χ4n) is 1.25. The predicted octanol–water partition coefficient (Wildman–Crippen LogP) is -0.338. The molecule has 0 atom stereocenters. The normalized spacial score (nSPS) is 20.6. The molecule has 14 heavy (non-hydrogen) atoms. The zero-order valence-electron chi connectivity index (χ0n) is 8.21. The van der Waals surface area contributed by atoms with Crippen LogP contribution < -0.4 is 5.32 Å². The summed E-state index contributed by atoms with van der Waals surface area (Å²) in [5.41, 5.74) is 0. The van der Waals surface area contributed by atoms with Gasteiger partial charge in [0.05, 0.1) is 0 Å². The van der Waals surface area contributed by atoms with E-state index in [1.165, 1.54) is 11.9 Å². The number of carbonyl (C=O) groups excluding carboxylic acids is 3. The molecule has 0 bridgehead atoms. The van der Waals surface area contributed by atoms with E-state index in [1.807, 2.05) is 0 Å². The van der Waals surface area contributed by atoms with Crippen LogP contribution in [0.3, 0.4) is 0 Å². The van der Waals surface area contributed by atoms with Crippen molar-refractivity contribution in [2.75, 3.05) is 13.6 Å². The first kappa shape index (κ1) is 10.7. The van der Waals surface area contributed by atoms with E-state index >= 15 is 0 Å². The van der Waals surface area contributed by atoms with Gasteiger partial charge in [-0.3, -0.25) is 19.3 Å². The number of hydrogen-bond donors (Lipinski definition) is 1. The van der Waals surface area contributed by atoms with Crippen LogP contribution in [0.4, 0.5) is 0 Å². The lowest BCUT2D eigenvalue weighted by Crippen LogP contribution is -2.23. The van der Waals surface area contributed by atoms with Gasteiger partial charge in [0.1, 0.15) is 0 Å². The molecule has 2 fully saturated rings. The van der Waals surface area contributed by atoms with E-state index in [4.69, 9.17) is 0 Å². The molecular weight excluding hydrogens is 184 g/mol. The molecular formula is C9H14N2O3. The Balaban J connectivity index is 0.000000146. The molecule has 5 nitrogen and oxygen atoms in total. The van der Waals surface area contributed by atoms with Crippen molar-refractivity contribution in [1.29, 1.82) is 0 Å². The third-order valence-corrected chi connectivity index (χ3v) is 2.20. The van der Waals surface area contributed by atoms with Crippen LogP contribution in [0, 0.1) is 0 Å². The number of nitrogens with one attached hydrogen (secondary N) is 1. The van der Waals surface area contributed by atoms with Crippen molar-refractivity contribution in [2.24, 2.45) is 0 Å². The molecule has 0 unspecified atom stereocenters. The number of carbonyl (C=O) groups is 3. The fraction of sp³-hybridized carbons (Fsp3) is 0.667. The maximum absolute atomic E-state index is 10.5. The van der Waals surface area contributed by atoms with Gasteiger partial charge >= 0.3 is 0 Å². The van der Waals surface area contributed by atoms with Crippen molar-refractivity contribution < 1.29 is 14.4 Å². The zero-order valence-corrected chi connectivity index (χ0v) is 8.21. The van der Waals surface area contributed by atoms with Gasteiger partial charge in [0, 0.05) is 32.9 Å². The van der Waals surface area contributed by atoms with Crippen LogP contribution in [0.25, 0.3) is 0 Å². The average Bonchev–Trinajstić information content (AvgIpc) is 2.73. The minimum absolute atomic E-state index is 0.0602. The van der Waals surface area contributed by atoms with Gasteiger partial charge < -0.3 is 5.32 Å². The largest absolute Gasteiger partial charge is 0.356 e. The lowest BCUT2D eigenvalue weighted by atomic mass is 10.4. The van der Waals surface area contributed by atoms with E-state index in [0.717, 1.165) is 19.4 Å². The molecule has 0 aromatic rings. The summed E-state index contributed by atoms with van der Waals surface area (Å²) < 4.78 is 0. The first-order valence-corrected chi connectivity index (χ1v) is 4.67. The van der Waals surface area contributed by atoms with Crippen LogP contribution in [0.1, 0.15) is 25.7 Å². The molecule has 0 radical (unpaired) electrons. The van der Waals surface area contributed by atoms with Gasteiger partial charge in [0.15, 0.2) is 0 Å². The van der Waals surface area contributed by atoms with E-state index in [2.05, 4.69) is 5.32 Å². The van der Waals surface area contributed by atoms with Gasteiger partial charge in [-0.05, 0) is 6.42 Å². The molecule has 1 N–H and O–H groups in total. The van der Waals surface area contributed by atoms with Gasteiger partial charge in [-0.15, -0.1) is 0 Å². The quantitative estimate of drug-likeness (QED) is 0.541. The molecule has 0 aromatic heterocycles. The average molecular weight is 198 g/mol. The van der Waals surface area contributed by atoms with Gasteiger partial charge in [0.2, 0.25) is 17.7 Å². The van der Waals surface area contributed by atoms with Gasteiger partial charge in [-0.2, -0.15) is 0 Å². The zero-order chi connectivity index (χ0) is 10.6. The van der Waals surface area contributed by atoms with E-state index in [1.54, 1.807) is 0 Å². The smallest absolute Gasteiger partial charge is 0.229 e. The number of likely N-dealkylation sites (tertiary alicyclic amines) is 1. The van der Waals surface area contributed by atoms with Crippen molar-refractivity contribution >= 4 is 17.7 Å².